The Kier molecular flexibility index (Phi) is 7.22. The van der Waals surface area contributed by atoms with Crippen LogP contribution in [0, 0.1) is 0 Å². The zero-order valence-corrected chi connectivity index (χ0v) is 25.4. The van der Waals surface area contributed by atoms with Crippen LogP contribution < -0.4 is 9.80 Å². The van der Waals surface area contributed by atoms with Crippen LogP contribution in [0.3, 0.4) is 0 Å². The molecule has 0 saturated carbocycles. The van der Waals surface area contributed by atoms with E-state index in [0.717, 1.165) is 28.4 Å². The Hall–Kier alpha value is -6.12. The van der Waals surface area contributed by atoms with Gasteiger partial charge in [-0.25, -0.2) is 0 Å². The fourth-order valence-electron chi connectivity index (χ4n) is 6.60. The summed E-state index contributed by atoms with van der Waals surface area (Å²) in [7, 11) is 0. The molecule has 0 heterocycles. The van der Waals surface area contributed by atoms with Crippen LogP contribution in [0.15, 0.2) is 194 Å². The monoisotopic (exact) mass is 588 g/mol. The average molecular weight is 589 g/mol. The van der Waals surface area contributed by atoms with E-state index in [1.54, 1.807) is 0 Å². The van der Waals surface area contributed by atoms with E-state index in [1.165, 1.54) is 38.4 Å². The second-order valence-corrected chi connectivity index (χ2v) is 11.4. The van der Waals surface area contributed by atoms with Crippen LogP contribution in [0.2, 0.25) is 0 Å². The first-order valence-electron chi connectivity index (χ1n) is 15.7. The van der Waals surface area contributed by atoms with Crippen molar-refractivity contribution in [3.05, 3.63) is 194 Å². The molecule has 0 atom stereocenters. The van der Waals surface area contributed by atoms with Crippen LogP contribution in [0.25, 0.3) is 32.7 Å². The molecule has 0 aliphatic carbocycles. The lowest BCUT2D eigenvalue weighted by Crippen LogP contribution is -2.13. The summed E-state index contributed by atoms with van der Waals surface area (Å²) in [6, 6.07) is 69.2. The maximum atomic E-state index is 2.42. The molecule has 0 amide bonds. The minimum atomic E-state index is 1.10. The predicted molar refractivity (Wildman–Crippen MR) is 196 cm³/mol. The Bertz CT molecular complexity index is 2130. The molecule has 0 bridgehead atoms. The molecule has 2 heteroatoms. The van der Waals surface area contributed by atoms with E-state index >= 15 is 0 Å². The summed E-state index contributed by atoms with van der Waals surface area (Å²) in [6.45, 7) is 0. The lowest BCUT2D eigenvalue weighted by Gasteiger charge is -2.30. The van der Waals surface area contributed by atoms with Gasteiger partial charge in [-0.1, -0.05) is 133 Å². The van der Waals surface area contributed by atoms with Crippen molar-refractivity contribution in [3.8, 4) is 11.1 Å². The topological polar surface area (TPSA) is 6.48 Å². The van der Waals surface area contributed by atoms with Gasteiger partial charge in [-0.15, -0.1) is 0 Å². The maximum absolute atomic E-state index is 2.42. The Morgan fingerprint density at radius 3 is 0.978 bits per heavy atom. The molecule has 0 aromatic heterocycles. The van der Waals surface area contributed by atoms with E-state index < -0.39 is 0 Å². The van der Waals surface area contributed by atoms with Crippen LogP contribution in [0.1, 0.15) is 0 Å². The van der Waals surface area contributed by atoms with Crippen LogP contribution in [-0.2, 0) is 0 Å². The summed E-state index contributed by atoms with van der Waals surface area (Å²) in [5, 5.41) is 4.89. The molecular formula is C44H32N2. The third-order valence-corrected chi connectivity index (χ3v) is 8.60. The standard InChI is InChI=1S/C44H32N2/c1-5-17-33(18-6-1)43-39-25-13-15-27-41(39)44(42-28-16-14-26-40(42)43)46(36-23-11-4-12-24-36)38-31-29-37(30-32-38)45(34-19-7-2-8-20-34)35-21-9-3-10-22-35/h1-32H. The summed E-state index contributed by atoms with van der Waals surface area (Å²) < 4.78 is 0. The molecule has 0 spiro atoms. The molecule has 8 rings (SSSR count). The molecule has 0 N–H and O–H groups in total. The average Bonchev–Trinajstić information content (AvgIpc) is 3.14. The Balaban J connectivity index is 1.36. The first-order chi connectivity index (χ1) is 22.9. The third kappa shape index (κ3) is 4.96. The van der Waals surface area contributed by atoms with E-state index in [1.807, 2.05) is 0 Å². The van der Waals surface area contributed by atoms with Crippen molar-refractivity contribution in [3.63, 3.8) is 0 Å². The predicted octanol–water partition coefficient (Wildman–Crippen LogP) is 12.6. The highest BCUT2D eigenvalue weighted by Gasteiger charge is 2.22. The minimum Gasteiger partial charge on any atom is -0.311 e. The molecule has 0 aliphatic rings. The lowest BCUT2D eigenvalue weighted by atomic mass is 9.90. The van der Waals surface area contributed by atoms with Crippen molar-refractivity contribution in [2.24, 2.45) is 0 Å². The van der Waals surface area contributed by atoms with Crippen molar-refractivity contribution >= 4 is 55.7 Å². The van der Waals surface area contributed by atoms with Crippen molar-refractivity contribution in [2.45, 2.75) is 0 Å². The maximum Gasteiger partial charge on any atom is 0.0618 e. The van der Waals surface area contributed by atoms with Crippen molar-refractivity contribution in [2.75, 3.05) is 9.80 Å². The van der Waals surface area contributed by atoms with Gasteiger partial charge in [0.1, 0.15) is 0 Å². The fourth-order valence-corrected chi connectivity index (χ4v) is 6.60. The molecule has 0 radical (unpaired) electrons. The zero-order chi connectivity index (χ0) is 30.7. The largest absolute Gasteiger partial charge is 0.311 e. The summed E-state index contributed by atoms with van der Waals surface area (Å²) in [5.41, 5.74) is 9.21. The van der Waals surface area contributed by atoms with E-state index in [2.05, 4.69) is 204 Å². The minimum absolute atomic E-state index is 1.10. The number of hydrogen-bond acceptors (Lipinski definition) is 2. The second-order valence-electron chi connectivity index (χ2n) is 11.4. The molecule has 2 nitrogen and oxygen atoms in total. The van der Waals surface area contributed by atoms with Crippen LogP contribution in [0.5, 0.6) is 0 Å². The Morgan fingerprint density at radius 2 is 0.543 bits per heavy atom. The van der Waals surface area contributed by atoms with Gasteiger partial charge in [0.25, 0.3) is 0 Å². The van der Waals surface area contributed by atoms with Gasteiger partial charge in [0.05, 0.1) is 5.69 Å². The molecule has 8 aromatic carbocycles. The molecule has 8 aromatic rings. The highest BCUT2D eigenvalue weighted by Crippen LogP contribution is 2.48. The number of para-hydroxylation sites is 3. The van der Waals surface area contributed by atoms with E-state index in [4.69, 9.17) is 0 Å². The van der Waals surface area contributed by atoms with Crippen molar-refractivity contribution in [1.29, 1.82) is 0 Å². The van der Waals surface area contributed by atoms with Crippen molar-refractivity contribution in [1.82, 2.24) is 0 Å². The van der Waals surface area contributed by atoms with Gasteiger partial charge in [-0.2, -0.15) is 0 Å². The fraction of sp³-hybridized carbons (Fsp3) is 0. The number of fused-ring (bicyclic) bond motifs is 2. The van der Waals surface area contributed by atoms with Gasteiger partial charge < -0.3 is 9.80 Å². The number of benzene rings is 8. The van der Waals surface area contributed by atoms with Crippen LogP contribution >= 0.6 is 0 Å². The molecular weight excluding hydrogens is 556 g/mol. The van der Waals surface area contributed by atoms with E-state index in [-0.39, 0.29) is 0 Å². The first-order valence-corrected chi connectivity index (χ1v) is 15.7. The molecule has 0 unspecified atom stereocenters. The van der Waals surface area contributed by atoms with Gasteiger partial charge in [-0.05, 0) is 82.6 Å². The zero-order valence-electron chi connectivity index (χ0n) is 25.4. The number of nitrogens with zero attached hydrogens (tertiary/aromatic N) is 2. The smallest absolute Gasteiger partial charge is 0.0618 e. The van der Waals surface area contributed by atoms with Gasteiger partial charge in [-0.3, -0.25) is 0 Å². The SMILES string of the molecule is c1ccc(-c2c3ccccc3c(N(c3ccccc3)c3ccc(N(c4ccccc4)c4ccccc4)cc3)c3ccccc23)cc1. The summed E-state index contributed by atoms with van der Waals surface area (Å²) in [5.74, 6) is 0. The number of rotatable bonds is 7. The lowest BCUT2D eigenvalue weighted by molar-refractivity contribution is 1.26. The van der Waals surface area contributed by atoms with E-state index in [9.17, 15) is 0 Å². The molecule has 0 aliphatic heterocycles. The third-order valence-electron chi connectivity index (χ3n) is 8.60. The highest BCUT2D eigenvalue weighted by molar-refractivity contribution is 6.22. The summed E-state index contributed by atoms with van der Waals surface area (Å²) in [6.07, 6.45) is 0. The normalized spacial score (nSPS) is 11.0. The summed E-state index contributed by atoms with van der Waals surface area (Å²) in [4.78, 5) is 4.72. The number of hydrogen-bond donors (Lipinski definition) is 0. The van der Waals surface area contributed by atoms with Gasteiger partial charge >= 0.3 is 0 Å². The number of anilines is 6. The van der Waals surface area contributed by atoms with Gasteiger partial charge in [0.15, 0.2) is 0 Å². The second kappa shape index (κ2) is 12.1. The first kappa shape index (κ1) is 27.4. The molecule has 0 fully saturated rings. The quantitative estimate of drug-likeness (QED) is 0.171. The highest BCUT2D eigenvalue weighted by atomic mass is 15.2. The molecule has 46 heavy (non-hydrogen) atoms. The van der Waals surface area contributed by atoms with Crippen LogP contribution in [-0.4, -0.2) is 0 Å². The Labute approximate surface area is 270 Å². The molecule has 0 saturated heterocycles. The van der Waals surface area contributed by atoms with Crippen LogP contribution in [0.4, 0.5) is 34.1 Å². The van der Waals surface area contributed by atoms with Gasteiger partial charge in [0.2, 0.25) is 0 Å². The van der Waals surface area contributed by atoms with Crippen molar-refractivity contribution < 1.29 is 0 Å². The molecule has 218 valence electrons. The van der Waals surface area contributed by atoms with Gasteiger partial charge in [0, 0.05) is 39.2 Å². The summed E-state index contributed by atoms with van der Waals surface area (Å²) >= 11 is 0. The van der Waals surface area contributed by atoms with E-state index in [0.29, 0.717) is 0 Å². The Morgan fingerprint density at radius 1 is 0.239 bits per heavy atom.